The standard InChI is InChI=1S/C15H23NO3/c1-5-16(6-2)14(18)10-19-15-11(3)7-13(9-17)8-12(15)4/h7-8,17H,5-6,9-10H2,1-4H3. The molecule has 0 radical (unpaired) electrons. The molecule has 0 aliphatic rings. The molecular weight excluding hydrogens is 242 g/mol. The lowest BCUT2D eigenvalue weighted by Gasteiger charge is -2.20. The Balaban J connectivity index is 2.75. The molecular formula is C15H23NO3. The molecule has 0 aliphatic heterocycles. The predicted octanol–water partition coefficient (Wildman–Crippen LogP) is 2.04. The van der Waals surface area contributed by atoms with Gasteiger partial charge in [0.05, 0.1) is 6.61 Å². The number of likely N-dealkylation sites (N-methyl/N-ethyl adjacent to an activating group) is 1. The molecule has 4 heteroatoms. The van der Waals surface area contributed by atoms with E-state index >= 15 is 0 Å². The smallest absolute Gasteiger partial charge is 0.260 e. The minimum atomic E-state index is -0.00460. The first-order valence-electron chi connectivity index (χ1n) is 6.65. The van der Waals surface area contributed by atoms with E-state index < -0.39 is 0 Å². The van der Waals surface area contributed by atoms with Gasteiger partial charge in [-0.2, -0.15) is 0 Å². The first-order chi connectivity index (χ1) is 9.03. The number of hydrogen-bond acceptors (Lipinski definition) is 3. The van der Waals surface area contributed by atoms with Gasteiger partial charge in [0.2, 0.25) is 0 Å². The number of rotatable bonds is 6. The maximum atomic E-state index is 11.9. The molecule has 0 bridgehead atoms. The van der Waals surface area contributed by atoms with Crippen LogP contribution in [-0.4, -0.2) is 35.6 Å². The van der Waals surface area contributed by atoms with Crippen molar-refractivity contribution in [1.82, 2.24) is 4.90 Å². The first kappa shape index (κ1) is 15.5. The fourth-order valence-electron chi connectivity index (χ4n) is 2.16. The Morgan fingerprint density at radius 1 is 1.21 bits per heavy atom. The monoisotopic (exact) mass is 265 g/mol. The van der Waals surface area contributed by atoms with Gasteiger partial charge in [0.15, 0.2) is 6.61 Å². The SMILES string of the molecule is CCN(CC)C(=O)COc1c(C)cc(CO)cc1C. The largest absolute Gasteiger partial charge is 0.483 e. The molecule has 0 aromatic heterocycles. The summed E-state index contributed by atoms with van der Waals surface area (Å²) < 4.78 is 5.64. The van der Waals surface area contributed by atoms with E-state index in [1.165, 1.54) is 0 Å². The van der Waals surface area contributed by atoms with Gasteiger partial charge in [0, 0.05) is 13.1 Å². The van der Waals surface area contributed by atoms with Crippen molar-refractivity contribution in [3.63, 3.8) is 0 Å². The zero-order valence-electron chi connectivity index (χ0n) is 12.2. The number of amides is 1. The molecule has 0 saturated heterocycles. The second-order valence-electron chi connectivity index (χ2n) is 4.57. The zero-order valence-corrected chi connectivity index (χ0v) is 12.2. The van der Waals surface area contributed by atoms with Crippen LogP contribution in [0.15, 0.2) is 12.1 Å². The summed E-state index contributed by atoms with van der Waals surface area (Å²) in [6, 6.07) is 3.76. The van der Waals surface area contributed by atoms with E-state index in [1.807, 2.05) is 39.8 Å². The molecule has 0 fully saturated rings. The Morgan fingerprint density at radius 2 is 1.74 bits per heavy atom. The summed E-state index contributed by atoms with van der Waals surface area (Å²) in [6.07, 6.45) is 0. The topological polar surface area (TPSA) is 49.8 Å². The molecule has 1 rings (SSSR count). The molecule has 1 aromatic rings. The lowest BCUT2D eigenvalue weighted by Crippen LogP contribution is -2.34. The fraction of sp³-hybridized carbons (Fsp3) is 0.533. The number of nitrogens with zero attached hydrogens (tertiary/aromatic N) is 1. The van der Waals surface area contributed by atoms with E-state index in [9.17, 15) is 4.79 Å². The van der Waals surface area contributed by atoms with E-state index in [0.29, 0.717) is 13.1 Å². The van der Waals surface area contributed by atoms with Gasteiger partial charge in [-0.15, -0.1) is 0 Å². The number of carbonyl (C=O) groups is 1. The van der Waals surface area contributed by atoms with Crippen LogP contribution in [-0.2, 0) is 11.4 Å². The van der Waals surface area contributed by atoms with Gasteiger partial charge in [-0.25, -0.2) is 0 Å². The van der Waals surface area contributed by atoms with Gasteiger partial charge >= 0.3 is 0 Å². The molecule has 1 aromatic carbocycles. The summed E-state index contributed by atoms with van der Waals surface area (Å²) in [6.45, 7) is 9.21. The number of aliphatic hydroxyl groups excluding tert-OH is 1. The van der Waals surface area contributed by atoms with Crippen molar-refractivity contribution in [3.8, 4) is 5.75 Å². The number of carbonyl (C=O) groups excluding carboxylic acids is 1. The van der Waals surface area contributed by atoms with Crippen LogP contribution >= 0.6 is 0 Å². The van der Waals surface area contributed by atoms with Crippen LogP contribution in [0, 0.1) is 13.8 Å². The van der Waals surface area contributed by atoms with Crippen molar-refractivity contribution in [3.05, 3.63) is 28.8 Å². The molecule has 0 heterocycles. The second-order valence-corrected chi connectivity index (χ2v) is 4.57. The van der Waals surface area contributed by atoms with Crippen LogP contribution < -0.4 is 4.74 Å². The van der Waals surface area contributed by atoms with Crippen LogP contribution in [0.25, 0.3) is 0 Å². The zero-order chi connectivity index (χ0) is 14.4. The molecule has 0 spiro atoms. The van der Waals surface area contributed by atoms with Crippen LogP contribution in [0.2, 0.25) is 0 Å². The van der Waals surface area contributed by atoms with Crippen LogP contribution in [0.1, 0.15) is 30.5 Å². The summed E-state index contributed by atoms with van der Waals surface area (Å²) in [5, 5.41) is 9.13. The Kier molecular flexibility index (Phi) is 5.83. The summed E-state index contributed by atoms with van der Waals surface area (Å²) in [7, 11) is 0. The predicted molar refractivity (Wildman–Crippen MR) is 75.3 cm³/mol. The van der Waals surface area contributed by atoms with Crippen molar-refractivity contribution in [2.75, 3.05) is 19.7 Å². The van der Waals surface area contributed by atoms with E-state index in [1.54, 1.807) is 4.90 Å². The quantitative estimate of drug-likeness (QED) is 0.856. The number of hydrogen-bond donors (Lipinski definition) is 1. The first-order valence-corrected chi connectivity index (χ1v) is 6.65. The Hall–Kier alpha value is -1.55. The van der Waals surface area contributed by atoms with Crippen molar-refractivity contribution in [2.24, 2.45) is 0 Å². The third-order valence-electron chi connectivity index (χ3n) is 3.16. The third-order valence-corrected chi connectivity index (χ3v) is 3.16. The summed E-state index contributed by atoms with van der Waals surface area (Å²) >= 11 is 0. The van der Waals surface area contributed by atoms with E-state index in [4.69, 9.17) is 9.84 Å². The summed E-state index contributed by atoms with van der Waals surface area (Å²) in [4.78, 5) is 13.6. The number of ether oxygens (including phenoxy) is 1. The highest BCUT2D eigenvalue weighted by Gasteiger charge is 2.12. The maximum Gasteiger partial charge on any atom is 0.260 e. The van der Waals surface area contributed by atoms with Crippen LogP contribution in [0.5, 0.6) is 5.75 Å². The van der Waals surface area contributed by atoms with Gasteiger partial charge in [0.25, 0.3) is 5.91 Å². The van der Waals surface area contributed by atoms with E-state index in [0.717, 1.165) is 22.4 Å². The molecule has 0 unspecified atom stereocenters. The van der Waals surface area contributed by atoms with E-state index in [2.05, 4.69) is 0 Å². The summed E-state index contributed by atoms with van der Waals surface area (Å²) in [5.74, 6) is 0.729. The van der Waals surface area contributed by atoms with Gasteiger partial charge in [-0.1, -0.05) is 12.1 Å². The number of benzene rings is 1. The van der Waals surface area contributed by atoms with Gasteiger partial charge in [-0.05, 0) is 44.4 Å². The molecule has 0 saturated carbocycles. The molecule has 0 atom stereocenters. The molecule has 106 valence electrons. The van der Waals surface area contributed by atoms with Crippen LogP contribution in [0.3, 0.4) is 0 Å². The Labute approximate surface area is 115 Å². The molecule has 1 N–H and O–H groups in total. The number of aryl methyl sites for hydroxylation is 2. The normalized spacial score (nSPS) is 10.4. The highest BCUT2D eigenvalue weighted by molar-refractivity contribution is 5.77. The highest BCUT2D eigenvalue weighted by Crippen LogP contribution is 2.24. The molecule has 0 aliphatic carbocycles. The summed E-state index contributed by atoms with van der Waals surface area (Å²) in [5.41, 5.74) is 2.74. The second kappa shape index (κ2) is 7.14. The molecule has 19 heavy (non-hydrogen) atoms. The average molecular weight is 265 g/mol. The van der Waals surface area contributed by atoms with Gasteiger partial charge in [-0.3, -0.25) is 4.79 Å². The van der Waals surface area contributed by atoms with Gasteiger partial charge in [0.1, 0.15) is 5.75 Å². The maximum absolute atomic E-state index is 11.9. The van der Waals surface area contributed by atoms with Crippen molar-refractivity contribution in [1.29, 1.82) is 0 Å². The van der Waals surface area contributed by atoms with Gasteiger partial charge < -0.3 is 14.7 Å². The lowest BCUT2D eigenvalue weighted by atomic mass is 10.1. The third kappa shape index (κ3) is 3.96. The Bertz CT molecular complexity index is 416. The van der Waals surface area contributed by atoms with E-state index in [-0.39, 0.29) is 19.1 Å². The highest BCUT2D eigenvalue weighted by atomic mass is 16.5. The fourth-order valence-corrected chi connectivity index (χ4v) is 2.16. The van der Waals surface area contributed by atoms with Crippen molar-refractivity contribution < 1.29 is 14.6 Å². The molecule has 4 nitrogen and oxygen atoms in total. The minimum Gasteiger partial charge on any atom is -0.483 e. The minimum absolute atomic E-state index is 0.00460. The van der Waals surface area contributed by atoms with Crippen molar-refractivity contribution >= 4 is 5.91 Å². The van der Waals surface area contributed by atoms with Crippen molar-refractivity contribution in [2.45, 2.75) is 34.3 Å². The Morgan fingerprint density at radius 3 is 2.16 bits per heavy atom. The number of aliphatic hydroxyl groups is 1. The molecule has 1 amide bonds. The average Bonchev–Trinajstić information content (AvgIpc) is 2.38. The lowest BCUT2D eigenvalue weighted by molar-refractivity contribution is -0.132. The van der Waals surface area contributed by atoms with Crippen LogP contribution in [0.4, 0.5) is 0 Å².